The summed E-state index contributed by atoms with van der Waals surface area (Å²) < 4.78 is 0. The summed E-state index contributed by atoms with van der Waals surface area (Å²) in [6.45, 7) is 0.607. The molecule has 76 valence electrons. The number of hydrogen-bond donors (Lipinski definition) is 2. The van der Waals surface area contributed by atoms with Crippen LogP contribution in [-0.2, 0) is 11.3 Å². The van der Waals surface area contributed by atoms with Crippen LogP contribution in [-0.4, -0.2) is 11.4 Å². The molecule has 4 heteroatoms. The Balaban J connectivity index is 1.84. The highest BCUT2D eigenvalue weighted by molar-refractivity contribution is 7.09. The highest BCUT2D eigenvalue weighted by atomic mass is 32.1. The first-order valence-corrected chi connectivity index (χ1v) is 5.68. The van der Waals surface area contributed by atoms with Gasteiger partial charge in [0, 0.05) is 4.88 Å². The van der Waals surface area contributed by atoms with Crippen LogP contribution in [0.3, 0.4) is 0 Å². The van der Waals surface area contributed by atoms with E-state index in [-0.39, 0.29) is 5.91 Å². The molecule has 1 saturated carbocycles. The molecular weight excluding hydrogens is 196 g/mol. The smallest absolute Gasteiger partial charge is 0.240 e. The molecule has 0 bridgehead atoms. The van der Waals surface area contributed by atoms with E-state index in [0.717, 1.165) is 19.3 Å². The highest BCUT2D eigenvalue weighted by Crippen LogP contribution is 2.29. The van der Waals surface area contributed by atoms with Crippen LogP contribution in [0.4, 0.5) is 0 Å². The van der Waals surface area contributed by atoms with Gasteiger partial charge in [-0.2, -0.15) is 0 Å². The predicted molar refractivity (Wildman–Crippen MR) is 56.9 cm³/mol. The summed E-state index contributed by atoms with van der Waals surface area (Å²) in [7, 11) is 0. The largest absolute Gasteiger partial charge is 0.350 e. The van der Waals surface area contributed by atoms with Crippen LogP contribution in [0.25, 0.3) is 0 Å². The lowest BCUT2D eigenvalue weighted by Crippen LogP contribution is -2.58. The van der Waals surface area contributed by atoms with E-state index in [4.69, 9.17) is 5.73 Å². The molecule has 1 heterocycles. The van der Waals surface area contributed by atoms with Gasteiger partial charge in [0.1, 0.15) is 0 Å². The standard InChI is InChI=1S/C10H14N2OS/c11-10(4-2-5-10)9(13)12-7-8-3-1-6-14-8/h1,3,6H,2,4-5,7,11H2,(H,12,13). The molecule has 0 saturated heterocycles. The molecule has 0 atom stereocenters. The maximum absolute atomic E-state index is 11.6. The molecular formula is C10H14N2OS. The zero-order valence-corrected chi connectivity index (χ0v) is 8.77. The lowest BCUT2D eigenvalue weighted by molar-refractivity contribution is -0.129. The van der Waals surface area contributed by atoms with Crippen LogP contribution in [0.1, 0.15) is 24.1 Å². The van der Waals surface area contributed by atoms with Gasteiger partial charge in [-0.25, -0.2) is 0 Å². The Morgan fingerprint density at radius 1 is 1.64 bits per heavy atom. The molecule has 1 aliphatic rings. The second-order valence-electron chi connectivity index (χ2n) is 3.77. The third-order valence-corrected chi connectivity index (χ3v) is 3.58. The zero-order valence-electron chi connectivity index (χ0n) is 7.95. The minimum atomic E-state index is -0.572. The van der Waals surface area contributed by atoms with Gasteiger partial charge in [0.2, 0.25) is 5.91 Å². The molecule has 14 heavy (non-hydrogen) atoms. The van der Waals surface area contributed by atoms with Crippen molar-refractivity contribution in [3.8, 4) is 0 Å². The lowest BCUT2D eigenvalue weighted by Gasteiger charge is -2.36. The van der Waals surface area contributed by atoms with E-state index in [1.54, 1.807) is 11.3 Å². The molecule has 1 amide bonds. The Kier molecular flexibility index (Phi) is 2.56. The summed E-state index contributed by atoms with van der Waals surface area (Å²) in [4.78, 5) is 12.8. The average Bonchev–Trinajstić information content (AvgIpc) is 2.62. The molecule has 2 rings (SSSR count). The summed E-state index contributed by atoms with van der Waals surface area (Å²) in [6, 6.07) is 3.99. The normalized spacial score (nSPS) is 18.6. The molecule has 0 radical (unpaired) electrons. The maximum atomic E-state index is 11.6. The van der Waals surface area contributed by atoms with Gasteiger partial charge in [0.15, 0.2) is 0 Å². The van der Waals surface area contributed by atoms with Crippen LogP contribution in [0.15, 0.2) is 17.5 Å². The Morgan fingerprint density at radius 2 is 2.43 bits per heavy atom. The van der Waals surface area contributed by atoms with Crippen molar-refractivity contribution in [1.82, 2.24) is 5.32 Å². The van der Waals surface area contributed by atoms with E-state index >= 15 is 0 Å². The van der Waals surface area contributed by atoms with E-state index in [0.29, 0.717) is 6.54 Å². The van der Waals surface area contributed by atoms with Crippen molar-refractivity contribution in [2.75, 3.05) is 0 Å². The Bertz CT molecular complexity index is 317. The number of nitrogens with one attached hydrogen (secondary N) is 1. The molecule has 1 fully saturated rings. The van der Waals surface area contributed by atoms with Gasteiger partial charge in [0.05, 0.1) is 12.1 Å². The molecule has 0 spiro atoms. The summed E-state index contributed by atoms with van der Waals surface area (Å²) in [5, 5.41) is 4.88. The summed E-state index contributed by atoms with van der Waals surface area (Å²) in [6.07, 6.45) is 2.72. The number of nitrogens with two attached hydrogens (primary N) is 1. The van der Waals surface area contributed by atoms with E-state index in [9.17, 15) is 4.79 Å². The van der Waals surface area contributed by atoms with Crippen LogP contribution in [0.2, 0.25) is 0 Å². The molecule has 1 aromatic rings. The van der Waals surface area contributed by atoms with Gasteiger partial charge in [-0.15, -0.1) is 11.3 Å². The maximum Gasteiger partial charge on any atom is 0.240 e. The fraction of sp³-hybridized carbons (Fsp3) is 0.500. The monoisotopic (exact) mass is 210 g/mol. The van der Waals surface area contributed by atoms with Crippen molar-refractivity contribution in [1.29, 1.82) is 0 Å². The van der Waals surface area contributed by atoms with Crippen LogP contribution < -0.4 is 11.1 Å². The fourth-order valence-corrected chi connectivity index (χ4v) is 2.19. The minimum absolute atomic E-state index is 0.00264. The first-order valence-electron chi connectivity index (χ1n) is 4.80. The van der Waals surface area contributed by atoms with Gasteiger partial charge in [-0.05, 0) is 30.7 Å². The van der Waals surface area contributed by atoms with Crippen molar-refractivity contribution < 1.29 is 4.79 Å². The second kappa shape index (κ2) is 3.71. The van der Waals surface area contributed by atoms with Gasteiger partial charge >= 0.3 is 0 Å². The Labute approximate surface area is 87.3 Å². The molecule has 3 nitrogen and oxygen atoms in total. The van der Waals surface area contributed by atoms with Crippen molar-refractivity contribution in [2.45, 2.75) is 31.3 Å². The molecule has 0 aromatic carbocycles. The highest BCUT2D eigenvalue weighted by Gasteiger charge is 2.39. The average molecular weight is 210 g/mol. The van der Waals surface area contributed by atoms with Crippen molar-refractivity contribution in [3.05, 3.63) is 22.4 Å². The van der Waals surface area contributed by atoms with Crippen LogP contribution in [0, 0.1) is 0 Å². The molecule has 0 unspecified atom stereocenters. The molecule has 3 N–H and O–H groups in total. The minimum Gasteiger partial charge on any atom is -0.350 e. The quantitative estimate of drug-likeness (QED) is 0.788. The van der Waals surface area contributed by atoms with E-state index in [1.165, 1.54) is 4.88 Å². The van der Waals surface area contributed by atoms with Gasteiger partial charge < -0.3 is 11.1 Å². The predicted octanol–water partition coefficient (Wildman–Crippen LogP) is 1.25. The number of carbonyl (C=O) groups excluding carboxylic acids is 1. The van der Waals surface area contributed by atoms with Crippen LogP contribution in [0.5, 0.6) is 0 Å². The van der Waals surface area contributed by atoms with Crippen molar-refractivity contribution in [2.24, 2.45) is 5.73 Å². The fourth-order valence-electron chi connectivity index (χ4n) is 1.54. The van der Waals surface area contributed by atoms with Gasteiger partial charge in [0.25, 0.3) is 0 Å². The molecule has 1 aromatic heterocycles. The van der Waals surface area contributed by atoms with E-state index in [1.807, 2.05) is 17.5 Å². The van der Waals surface area contributed by atoms with Gasteiger partial charge in [-0.1, -0.05) is 6.07 Å². The Hall–Kier alpha value is -0.870. The number of carbonyl (C=O) groups is 1. The molecule has 0 aliphatic heterocycles. The number of thiophene rings is 1. The van der Waals surface area contributed by atoms with Crippen LogP contribution >= 0.6 is 11.3 Å². The number of rotatable bonds is 3. The SMILES string of the molecule is NC1(C(=O)NCc2cccs2)CCC1. The van der Waals surface area contributed by atoms with Gasteiger partial charge in [-0.3, -0.25) is 4.79 Å². The summed E-state index contributed by atoms with van der Waals surface area (Å²) >= 11 is 1.65. The van der Waals surface area contributed by atoms with E-state index in [2.05, 4.69) is 5.32 Å². The topological polar surface area (TPSA) is 55.1 Å². The first-order chi connectivity index (χ1) is 6.71. The Morgan fingerprint density at radius 3 is 2.93 bits per heavy atom. The van der Waals surface area contributed by atoms with E-state index < -0.39 is 5.54 Å². The molecule has 1 aliphatic carbocycles. The summed E-state index contributed by atoms with van der Waals surface area (Å²) in [5.74, 6) is -0.00264. The number of amides is 1. The first kappa shape index (κ1) is 9.68. The summed E-state index contributed by atoms with van der Waals surface area (Å²) in [5.41, 5.74) is 5.31. The van der Waals surface area contributed by atoms with Crippen molar-refractivity contribution >= 4 is 17.2 Å². The third kappa shape index (κ3) is 1.81. The van der Waals surface area contributed by atoms with Crippen molar-refractivity contribution in [3.63, 3.8) is 0 Å². The lowest BCUT2D eigenvalue weighted by atomic mass is 9.77. The second-order valence-corrected chi connectivity index (χ2v) is 4.80. The third-order valence-electron chi connectivity index (χ3n) is 2.70. The zero-order chi connectivity index (χ0) is 10.0. The number of hydrogen-bond acceptors (Lipinski definition) is 3.